The fraction of sp³-hybridized carbons (Fsp3) is 0.308. The molecule has 20 heavy (non-hydrogen) atoms. The second-order valence-electron chi connectivity index (χ2n) is 4.12. The molecule has 7 heteroatoms. The highest BCUT2D eigenvalue weighted by atomic mass is 32.1. The quantitative estimate of drug-likeness (QED) is 0.625. The topological polar surface area (TPSA) is 77.3 Å². The molecule has 1 N–H and O–H groups in total. The number of benzene rings is 1. The van der Waals surface area contributed by atoms with Gasteiger partial charge in [-0.1, -0.05) is 6.92 Å². The highest BCUT2D eigenvalue weighted by molar-refractivity contribution is 7.07. The number of anilines is 1. The number of thiazole rings is 1. The van der Waals surface area contributed by atoms with Crippen LogP contribution in [0.15, 0.2) is 29.1 Å². The Hall–Kier alpha value is -2.15. The van der Waals surface area contributed by atoms with Gasteiger partial charge in [-0.05, 0) is 12.5 Å². The third-order valence-electron chi connectivity index (χ3n) is 2.58. The summed E-state index contributed by atoms with van der Waals surface area (Å²) in [6.45, 7) is 2.99. The molecule has 0 amide bonds. The lowest BCUT2D eigenvalue weighted by Gasteiger charge is -2.09. The SMILES string of the molecule is CCCOc1cc(NCc2cscn2)ccc1[N+](=O)[O-]. The first kappa shape index (κ1) is 14.3. The number of nitrogens with zero attached hydrogens (tertiary/aromatic N) is 2. The Morgan fingerprint density at radius 3 is 3.00 bits per heavy atom. The predicted octanol–water partition coefficient (Wildman–Crippen LogP) is 3.45. The van der Waals surface area contributed by atoms with Crippen molar-refractivity contribution in [3.8, 4) is 5.75 Å². The van der Waals surface area contributed by atoms with Crippen molar-refractivity contribution >= 4 is 22.7 Å². The summed E-state index contributed by atoms with van der Waals surface area (Å²) in [5, 5.41) is 16.1. The van der Waals surface area contributed by atoms with Gasteiger partial charge in [-0.15, -0.1) is 11.3 Å². The van der Waals surface area contributed by atoms with Crippen LogP contribution in [0.1, 0.15) is 19.0 Å². The second kappa shape index (κ2) is 6.85. The first-order chi connectivity index (χ1) is 9.70. The number of nitro benzene ring substituents is 1. The minimum absolute atomic E-state index is 0.0161. The van der Waals surface area contributed by atoms with E-state index in [1.165, 1.54) is 17.4 Å². The van der Waals surface area contributed by atoms with Gasteiger partial charge in [0.25, 0.3) is 0 Å². The third kappa shape index (κ3) is 3.67. The smallest absolute Gasteiger partial charge is 0.311 e. The molecule has 0 saturated heterocycles. The molecular weight excluding hydrogens is 278 g/mol. The van der Waals surface area contributed by atoms with Gasteiger partial charge in [-0.3, -0.25) is 10.1 Å². The molecule has 0 aliphatic rings. The summed E-state index contributed by atoms with van der Waals surface area (Å²) in [6.07, 6.45) is 0.799. The second-order valence-corrected chi connectivity index (χ2v) is 4.84. The van der Waals surface area contributed by atoms with Crippen LogP contribution in [0.2, 0.25) is 0 Å². The van der Waals surface area contributed by atoms with Gasteiger partial charge in [-0.2, -0.15) is 0 Å². The van der Waals surface area contributed by atoms with Crippen molar-refractivity contribution in [2.24, 2.45) is 0 Å². The van der Waals surface area contributed by atoms with Crippen LogP contribution in [0.5, 0.6) is 5.75 Å². The number of ether oxygens (including phenoxy) is 1. The Bertz CT molecular complexity index is 572. The van der Waals surface area contributed by atoms with Crippen molar-refractivity contribution in [3.63, 3.8) is 0 Å². The number of rotatable bonds is 7. The van der Waals surface area contributed by atoms with Crippen LogP contribution < -0.4 is 10.1 Å². The van der Waals surface area contributed by atoms with Gasteiger partial charge in [0.05, 0.1) is 29.3 Å². The summed E-state index contributed by atoms with van der Waals surface area (Å²) in [6, 6.07) is 4.78. The molecule has 0 unspecified atom stereocenters. The zero-order chi connectivity index (χ0) is 14.4. The van der Waals surface area contributed by atoms with Crippen molar-refractivity contribution in [3.05, 3.63) is 44.9 Å². The van der Waals surface area contributed by atoms with E-state index < -0.39 is 4.92 Å². The summed E-state index contributed by atoms with van der Waals surface area (Å²) >= 11 is 1.53. The highest BCUT2D eigenvalue weighted by Gasteiger charge is 2.15. The lowest BCUT2D eigenvalue weighted by Crippen LogP contribution is -2.03. The average molecular weight is 293 g/mol. The van der Waals surface area contributed by atoms with Crippen molar-refractivity contribution < 1.29 is 9.66 Å². The van der Waals surface area contributed by atoms with Crippen LogP contribution in [0.25, 0.3) is 0 Å². The number of nitro groups is 1. The minimum atomic E-state index is -0.435. The fourth-order valence-electron chi connectivity index (χ4n) is 1.62. The average Bonchev–Trinajstić information content (AvgIpc) is 2.96. The zero-order valence-corrected chi connectivity index (χ0v) is 11.9. The van der Waals surface area contributed by atoms with Crippen molar-refractivity contribution in [1.82, 2.24) is 4.98 Å². The lowest BCUT2D eigenvalue weighted by atomic mass is 10.2. The number of hydrogen-bond acceptors (Lipinski definition) is 6. The Balaban J connectivity index is 2.11. The molecular formula is C13H15N3O3S. The van der Waals surface area contributed by atoms with Crippen molar-refractivity contribution in [1.29, 1.82) is 0 Å². The van der Waals surface area contributed by atoms with Gasteiger partial charge in [0, 0.05) is 23.2 Å². The monoisotopic (exact) mass is 293 g/mol. The van der Waals surface area contributed by atoms with Crippen LogP contribution in [-0.2, 0) is 6.54 Å². The maximum absolute atomic E-state index is 10.9. The normalized spacial score (nSPS) is 10.2. The molecule has 2 aromatic rings. The van der Waals surface area contributed by atoms with Gasteiger partial charge < -0.3 is 10.1 Å². The first-order valence-corrected chi connectivity index (χ1v) is 7.17. The Labute approximate surface area is 120 Å². The number of nitrogens with one attached hydrogen (secondary N) is 1. The Morgan fingerprint density at radius 1 is 1.50 bits per heavy atom. The van der Waals surface area contributed by atoms with E-state index in [0.29, 0.717) is 18.9 Å². The maximum atomic E-state index is 10.9. The fourth-order valence-corrected chi connectivity index (χ4v) is 2.18. The van der Waals surface area contributed by atoms with Crippen molar-refractivity contribution in [2.45, 2.75) is 19.9 Å². The molecule has 1 aromatic heterocycles. The van der Waals surface area contributed by atoms with E-state index in [-0.39, 0.29) is 5.69 Å². The van der Waals surface area contributed by atoms with E-state index in [1.54, 1.807) is 17.6 Å². The van der Waals surface area contributed by atoms with Gasteiger partial charge >= 0.3 is 5.69 Å². The molecule has 0 radical (unpaired) electrons. The molecule has 2 rings (SSSR count). The summed E-state index contributed by atoms with van der Waals surface area (Å²) in [7, 11) is 0. The van der Waals surface area contributed by atoms with E-state index in [4.69, 9.17) is 4.74 Å². The molecule has 0 fully saturated rings. The maximum Gasteiger partial charge on any atom is 0.311 e. The highest BCUT2D eigenvalue weighted by Crippen LogP contribution is 2.30. The molecule has 0 saturated carbocycles. The first-order valence-electron chi connectivity index (χ1n) is 6.23. The largest absolute Gasteiger partial charge is 0.487 e. The lowest BCUT2D eigenvalue weighted by molar-refractivity contribution is -0.385. The zero-order valence-electron chi connectivity index (χ0n) is 11.0. The third-order valence-corrected chi connectivity index (χ3v) is 3.21. The summed E-state index contributed by atoms with van der Waals surface area (Å²) in [5.74, 6) is 0.292. The molecule has 0 aliphatic carbocycles. The van der Waals surface area contributed by atoms with Gasteiger partial charge in [0.2, 0.25) is 0 Å². The van der Waals surface area contributed by atoms with Crippen molar-refractivity contribution in [2.75, 3.05) is 11.9 Å². The number of aromatic nitrogens is 1. The van der Waals surface area contributed by atoms with E-state index >= 15 is 0 Å². The van der Waals surface area contributed by atoms with Gasteiger partial charge in [0.15, 0.2) is 5.75 Å². The van der Waals surface area contributed by atoms with Crippen LogP contribution in [-0.4, -0.2) is 16.5 Å². The van der Waals surface area contributed by atoms with Gasteiger partial charge in [0.1, 0.15) is 0 Å². The molecule has 6 nitrogen and oxygen atoms in total. The minimum Gasteiger partial charge on any atom is -0.487 e. The Kier molecular flexibility index (Phi) is 4.89. The Morgan fingerprint density at radius 2 is 2.35 bits per heavy atom. The molecule has 0 atom stereocenters. The molecule has 0 bridgehead atoms. The van der Waals surface area contributed by atoms with Crippen LogP contribution in [0.4, 0.5) is 11.4 Å². The van der Waals surface area contributed by atoms with Crippen LogP contribution in [0.3, 0.4) is 0 Å². The molecule has 0 aliphatic heterocycles. The summed E-state index contributed by atoms with van der Waals surface area (Å²) in [4.78, 5) is 14.7. The van der Waals surface area contributed by atoms with E-state index in [1.807, 2.05) is 12.3 Å². The standard InChI is InChI=1S/C13H15N3O3S/c1-2-5-19-13-6-10(3-4-12(13)16(17)18)14-7-11-8-20-9-15-11/h3-4,6,8-9,14H,2,5,7H2,1H3. The summed E-state index contributed by atoms with van der Waals surface area (Å²) < 4.78 is 5.43. The molecule has 1 heterocycles. The van der Waals surface area contributed by atoms with Crippen LogP contribution in [0, 0.1) is 10.1 Å². The predicted molar refractivity (Wildman–Crippen MR) is 78.3 cm³/mol. The van der Waals surface area contributed by atoms with E-state index in [2.05, 4.69) is 10.3 Å². The van der Waals surface area contributed by atoms with E-state index in [0.717, 1.165) is 17.8 Å². The molecule has 1 aromatic carbocycles. The van der Waals surface area contributed by atoms with Gasteiger partial charge in [-0.25, -0.2) is 4.98 Å². The van der Waals surface area contributed by atoms with Crippen LogP contribution >= 0.6 is 11.3 Å². The summed E-state index contributed by atoms with van der Waals surface area (Å²) in [5.41, 5.74) is 3.46. The molecule has 0 spiro atoms. The van der Waals surface area contributed by atoms with E-state index in [9.17, 15) is 10.1 Å². The molecule has 106 valence electrons. The number of hydrogen-bond donors (Lipinski definition) is 1.